The topological polar surface area (TPSA) is 122 Å². The number of hydrogen-bond acceptors (Lipinski definition) is 6. The van der Waals surface area contributed by atoms with Crippen molar-refractivity contribution in [3.05, 3.63) is 86.6 Å². The predicted molar refractivity (Wildman–Crippen MR) is 117 cm³/mol. The maximum atomic E-state index is 13.3. The van der Waals surface area contributed by atoms with Crippen LogP contribution in [0.2, 0.25) is 5.02 Å². The Hall–Kier alpha value is -3.64. The standard InChI is InChI=1S/C21H13ClF3N3O5S/c1-10-5-6-12(8-14(10)21(23,24)25)34(31,32)28-16-7-11(22)9-26-17(16)18(29)13-3-2-4-15-19(13)33-20(30)27-15/h2-9,28H,1H3,(H,27,30). The number of benzene rings is 2. The summed E-state index contributed by atoms with van der Waals surface area (Å²) in [4.78, 5) is 30.3. The molecule has 0 aliphatic carbocycles. The molecule has 0 radical (unpaired) electrons. The second-order valence-corrected chi connectivity index (χ2v) is 9.27. The summed E-state index contributed by atoms with van der Waals surface area (Å²) in [5.74, 6) is -1.62. The van der Waals surface area contributed by atoms with E-state index in [9.17, 15) is 31.2 Å². The molecule has 2 aromatic heterocycles. The fraction of sp³-hybridized carbons (Fsp3) is 0.0952. The van der Waals surface area contributed by atoms with Gasteiger partial charge in [0.25, 0.3) is 10.0 Å². The first-order chi connectivity index (χ1) is 15.9. The molecule has 0 atom stereocenters. The normalized spacial score (nSPS) is 12.1. The second-order valence-electron chi connectivity index (χ2n) is 7.16. The Bertz CT molecular complexity index is 1610. The van der Waals surface area contributed by atoms with Crippen LogP contribution < -0.4 is 10.5 Å². The van der Waals surface area contributed by atoms with E-state index in [0.29, 0.717) is 6.07 Å². The van der Waals surface area contributed by atoms with E-state index in [-0.39, 0.29) is 32.9 Å². The molecule has 0 amide bonds. The molecule has 0 aliphatic heterocycles. The minimum absolute atomic E-state index is 0.0412. The number of ketones is 1. The van der Waals surface area contributed by atoms with E-state index < -0.39 is 43.9 Å². The molecule has 0 unspecified atom stereocenters. The molecule has 13 heteroatoms. The summed E-state index contributed by atoms with van der Waals surface area (Å²) in [6, 6.07) is 7.90. The molecule has 4 aromatic rings. The Balaban J connectivity index is 1.79. The van der Waals surface area contributed by atoms with Gasteiger partial charge in [-0.3, -0.25) is 14.5 Å². The van der Waals surface area contributed by atoms with Gasteiger partial charge in [0.05, 0.1) is 32.2 Å². The number of rotatable bonds is 5. The van der Waals surface area contributed by atoms with E-state index >= 15 is 0 Å². The number of oxazole rings is 1. The van der Waals surface area contributed by atoms with Crippen LogP contribution in [0.3, 0.4) is 0 Å². The first-order valence-electron chi connectivity index (χ1n) is 9.39. The Kier molecular flexibility index (Phi) is 5.74. The molecule has 8 nitrogen and oxygen atoms in total. The van der Waals surface area contributed by atoms with Crippen molar-refractivity contribution in [1.29, 1.82) is 0 Å². The van der Waals surface area contributed by atoms with Crippen molar-refractivity contribution < 1.29 is 30.8 Å². The van der Waals surface area contributed by atoms with Gasteiger partial charge in [0.15, 0.2) is 5.58 Å². The smallest absolute Gasteiger partial charge is 0.407 e. The Morgan fingerprint density at radius 1 is 1.18 bits per heavy atom. The molecule has 2 N–H and O–H groups in total. The van der Waals surface area contributed by atoms with Crippen molar-refractivity contribution in [2.75, 3.05) is 4.72 Å². The Labute approximate surface area is 194 Å². The molecule has 4 rings (SSSR count). The average molecular weight is 512 g/mol. The number of carbonyl (C=O) groups excluding carboxylic acids is 1. The quantitative estimate of drug-likeness (QED) is 0.380. The van der Waals surface area contributed by atoms with E-state index in [0.717, 1.165) is 24.4 Å². The lowest BCUT2D eigenvalue weighted by Crippen LogP contribution is -2.18. The van der Waals surface area contributed by atoms with E-state index in [2.05, 4.69) is 14.7 Å². The minimum Gasteiger partial charge on any atom is -0.407 e. The Morgan fingerprint density at radius 3 is 2.62 bits per heavy atom. The number of nitrogens with one attached hydrogen (secondary N) is 2. The van der Waals surface area contributed by atoms with Crippen molar-refractivity contribution >= 4 is 44.2 Å². The minimum atomic E-state index is -4.77. The summed E-state index contributed by atoms with van der Waals surface area (Å²) in [6.07, 6.45) is -3.68. The van der Waals surface area contributed by atoms with Gasteiger partial charge in [0, 0.05) is 6.20 Å². The number of aryl methyl sites for hydroxylation is 1. The number of fused-ring (bicyclic) bond motifs is 1. The molecule has 2 aromatic carbocycles. The fourth-order valence-electron chi connectivity index (χ4n) is 3.26. The zero-order valence-corrected chi connectivity index (χ0v) is 18.6. The molecule has 34 heavy (non-hydrogen) atoms. The van der Waals surface area contributed by atoms with E-state index in [4.69, 9.17) is 16.0 Å². The highest BCUT2D eigenvalue weighted by molar-refractivity contribution is 7.92. The summed E-state index contributed by atoms with van der Waals surface area (Å²) < 4.78 is 72.7. The highest BCUT2D eigenvalue weighted by Crippen LogP contribution is 2.34. The van der Waals surface area contributed by atoms with Crippen molar-refractivity contribution in [3.63, 3.8) is 0 Å². The van der Waals surface area contributed by atoms with Crippen molar-refractivity contribution in [1.82, 2.24) is 9.97 Å². The number of pyridine rings is 1. The maximum Gasteiger partial charge on any atom is 0.417 e. The number of alkyl halides is 3. The third-order valence-corrected chi connectivity index (χ3v) is 6.40. The highest BCUT2D eigenvalue weighted by atomic mass is 35.5. The van der Waals surface area contributed by atoms with Crippen LogP contribution in [0.15, 0.2) is 62.8 Å². The van der Waals surface area contributed by atoms with Crippen molar-refractivity contribution in [2.24, 2.45) is 0 Å². The van der Waals surface area contributed by atoms with Crippen LogP contribution in [0.1, 0.15) is 27.2 Å². The second kappa shape index (κ2) is 8.29. The molecule has 0 bridgehead atoms. The van der Waals surface area contributed by atoms with Gasteiger partial charge >= 0.3 is 11.9 Å². The van der Waals surface area contributed by atoms with Gasteiger partial charge < -0.3 is 4.42 Å². The number of sulfonamides is 1. The summed E-state index contributed by atoms with van der Waals surface area (Å²) in [5, 5.41) is -0.0412. The third-order valence-electron chi connectivity index (χ3n) is 4.83. The molecule has 0 aliphatic rings. The lowest BCUT2D eigenvalue weighted by atomic mass is 10.1. The maximum absolute atomic E-state index is 13.3. The largest absolute Gasteiger partial charge is 0.417 e. The molecule has 0 spiro atoms. The molecule has 2 heterocycles. The molecule has 176 valence electrons. The van der Waals surface area contributed by atoms with Gasteiger partial charge in [0.1, 0.15) is 5.69 Å². The fourth-order valence-corrected chi connectivity index (χ4v) is 4.50. The van der Waals surface area contributed by atoms with E-state index in [1.165, 1.54) is 25.1 Å². The number of halogens is 4. The molecule has 0 fully saturated rings. The Morgan fingerprint density at radius 2 is 1.91 bits per heavy atom. The number of hydrogen-bond donors (Lipinski definition) is 2. The number of nitrogens with zero attached hydrogens (tertiary/aromatic N) is 1. The monoisotopic (exact) mass is 511 g/mol. The van der Waals surface area contributed by atoms with Crippen LogP contribution in [0.25, 0.3) is 11.1 Å². The third kappa shape index (κ3) is 4.41. The van der Waals surface area contributed by atoms with Gasteiger partial charge in [-0.2, -0.15) is 13.2 Å². The van der Waals surface area contributed by atoms with Crippen molar-refractivity contribution in [3.8, 4) is 0 Å². The summed E-state index contributed by atoms with van der Waals surface area (Å²) in [7, 11) is -4.59. The zero-order chi connectivity index (χ0) is 24.8. The van der Waals surface area contributed by atoms with E-state index in [1.54, 1.807) is 0 Å². The highest BCUT2D eigenvalue weighted by Gasteiger charge is 2.34. The summed E-state index contributed by atoms with van der Waals surface area (Å²) in [5.41, 5.74) is -2.00. The van der Waals surface area contributed by atoms with Gasteiger partial charge in [0.2, 0.25) is 5.78 Å². The lowest BCUT2D eigenvalue weighted by Gasteiger charge is -2.15. The van der Waals surface area contributed by atoms with Gasteiger partial charge in [-0.1, -0.05) is 23.7 Å². The van der Waals surface area contributed by atoms with Gasteiger partial charge in [-0.15, -0.1) is 0 Å². The molecular weight excluding hydrogens is 499 g/mol. The van der Waals surface area contributed by atoms with Crippen LogP contribution in [0.5, 0.6) is 0 Å². The SMILES string of the molecule is Cc1ccc(S(=O)(=O)Nc2cc(Cl)cnc2C(=O)c2cccc3[nH]c(=O)oc23)cc1C(F)(F)F. The number of aromatic nitrogens is 2. The number of aromatic amines is 1. The van der Waals surface area contributed by atoms with Crippen LogP contribution in [-0.4, -0.2) is 24.2 Å². The molecule has 0 saturated heterocycles. The number of H-pyrrole nitrogens is 1. The summed E-state index contributed by atoms with van der Waals surface area (Å²) >= 11 is 5.92. The number of para-hydroxylation sites is 1. The predicted octanol–water partition coefficient (Wildman–Crippen LogP) is 4.53. The lowest BCUT2D eigenvalue weighted by molar-refractivity contribution is -0.138. The van der Waals surface area contributed by atoms with Gasteiger partial charge in [-0.25, -0.2) is 18.2 Å². The average Bonchev–Trinajstić information content (AvgIpc) is 3.12. The van der Waals surface area contributed by atoms with Crippen LogP contribution in [0, 0.1) is 6.92 Å². The van der Waals surface area contributed by atoms with Crippen LogP contribution in [0.4, 0.5) is 18.9 Å². The summed E-state index contributed by atoms with van der Waals surface area (Å²) in [6.45, 7) is 1.20. The number of carbonyl (C=O) groups is 1. The molecular formula is C21H13ClF3N3O5S. The number of anilines is 1. The van der Waals surface area contributed by atoms with Gasteiger partial charge in [-0.05, 0) is 42.8 Å². The first kappa shape index (κ1) is 23.5. The zero-order valence-electron chi connectivity index (χ0n) is 17.0. The van der Waals surface area contributed by atoms with Crippen LogP contribution in [-0.2, 0) is 16.2 Å². The first-order valence-corrected chi connectivity index (χ1v) is 11.3. The van der Waals surface area contributed by atoms with Crippen LogP contribution >= 0.6 is 11.6 Å². The van der Waals surface area contributed by atoms with Crippen molar-refractivity contribution in [2.45, 2.75) is 18.0 Å². The molecule has 0 saturated carbocycles. The van der Waals surface area contributed by atoms with E-state index in [1.807, 2.05) is 0 Å².